The van der Waals surface area contributed by atoms with Crippen LogP contribution in [0.3, 0.4) is 0 Å². The number of aliphatic hydroxyl groups is 2. The largest absolute Gasteiger partial charge is 0.386 e. The summed E-state index contributed by atoms with van der Waals surface area (Å²) in [5.74, 6) is 0.255. The molecule has 4 aliphatic carbocycles. The van der Waals surface area contributed by atoms with Crippen LogP contribution in [0.1, 0.15) is 34.1 Å². The quantitative estimate of drug-likeness (QED) is 0.664. The lowest BCUT2D eigenvalue weighted by Crippen LogP contribution is -2.67. The van der Waals surface area contributed by atoms with Crippen LogP contribution in [0.4, 0.5) is 0 Å². The number of Topliss-reactive ketones (excluding diaryl/α,β-unsaturated/α-hetero) is 1. The van der Waals surface area contributed by atoms with E-state index in [1.165, 1.54) is 7.11 Å². The van der Waals surface area contributed by atoms with Crippen LogP contribution >= 0.6 is 0 Å². The molecule has 0 radical (unpaired) electrons. The average molecular weight is 390 g/mol. The molecule has 9 atom stereocenters. The molecular formula is C22H30O6. The number of hydrogen-bond acceptors (Lipinski definition) is 6. The highest BCUT2D eigenvalue weighted by atomic mass is 16.8. The number of aliphatic hydroxyl groups excluding tert-OH is 1. The molecule has 5 rings (SSSR count). The molecule has 2 N–H and O–H groups in total. The maximum atomic E-state index is 14.1. The van der Waals surface area contributed by atoms with Crippen LogP contribution < -0.4 is 0 Å². The van der Waals surface area contributed by atoms with Gasteiger partial charge in [-0.3, -0.25) is 4.79 Å². The third-order valence-electron chi connectivity index (χ3n) is 8.54. The molecule has 28 heavy (non-hydrogen) atoms. The summed E-state index contributed by atoms with van der Waals surface area (Å²) >= 11 is 0. The molecule has 154 valence electrons. The Balaban J connectivity index is 1.75. The first-order valence-corrected chi connectivity index (χ1v) is 10.2. The molecule has 3 unspecified atom stereocenters. The summed E-state index contributed by atoms with van der Waals surface area (Å²) < 4.78 is 16.8. The number of carbonyl (C=O) groups excluding carboxylic acids is 1. The molecule has 1 saturated heterocycles. The summed E-state index contributed by atoms with van der Waals surface area (Å²) in [6.45, 7) is 7.55. The second-order valence-corrected chi connectivity index (χ2v) is 10.1. The highest BCUT2D eigenvalue weighted by Crippen LogP contribution is 2.71. The number of ether oxygens (including phenoxy) is 3. The first-order chi connectivity index (χ1) is 13.1. The van der Waals surface area contributed by atoms with E-state index in [2.05, 4.69) is 13.8 Å². The summed E-state index contributed by atoms with van der Waals surface area (Å²) in [4.78, 5) is 14.1. The van der Waals surface area contributed by atoms with Crippen molar-refractivity contribution in [2.75, 3.05) is 13.7 Å². The monoisotopic (exact) mass is 390 g/mol. The van der Waals surface area contributed by atoms with Gasteiger partial charge in [-0.05, 0) is 47.7 Å². The van der Waals surface area contributed by atoms with Crippen LogP contribution in [0.15, 0.2) is 23.3 Å². The highest BCUT2D eigenvalue weighted by Gasteiger charge is 2.76. The zero-order valence-corrected chi connectivity index (χ0v) is 17.1. The minimum Gasteiger partial charge on any atom is -0.386 e. The summed E-state index contributed by atoms with van der Waals surface area (Å²) in [5.41, 5.74) is -1.50. The van der Waals surface area contributed by atoms with Crippen molar-refractivity contribution in [2.24, 2.45) is 34.5 Å². The molecule has 6 heteroatoms. The predicted molar refractivity (Wildman–Crippen MR) is 99.9 cm³/mol. The molecule has 6 nitrogen and oxygen atoms in total. The fourth-order valence-corrected chi connectivity index (χ4v) is 7.02. The number of carbonyl (C=O) groups is 1. The van der Waals surface area contributed by atoms with Crippen LogP contribution in [0.25, 0.3) is 0 Å². The van der Waals surface area contributed by atoms with E-state index in [1.807, 2.05) is 19.1 Å². The Morgan fingerprint density at radius 1 is 1.32 bits per heavy atom. The average Bonchev–Trinajstić information content (AvgIpc) is 3.16. The molecule has 0 amide bonds. The zero-order valence-electron chi connectivity index (χ0n) is 17.1. The minimum atomic E-state index is -1.77. The molecule has 2 saturated carbocycles. The molecule has 0 aromatic carbocycles. The first kappa shape index (κ1) is 18.9. The second kappa shape index (κ2) is 5.55. The molecular weight excluding hydrogens is 360 g/mol. The predicted octanol–water partition coefficient (Wildman–Crippen LogP) is 1.81. The van der Waals surface area contributed by atoms with E-state index in [9.17, 15) is 15.0 Å². The second-order valence-electron chi connectivity index (χ2n) is 10.1. The number of ketones is 1. The molecule has 5 aliphatic rings. The Morgan fingerprint density at radius 2 is 2.04 bits per heavy atom. The minimum absolute atomic E-state index is 0.0101. The summed E-state index contributed by atoms with van der Waals surface area (Å²) in [5, 5.41) is 23.3. The van der Waals surface area contributed by atoms with Crippen molar-refractivity contribution in [2.45, 2.75) is 58.4 Å². The molecule has 0 aromatic rings. The van der Waals surface area contributed by atoms with Crippen molar-refractivity contribution in [3.63, 3.8) is 0 Å². The maximum absolute atomic E-state index is 14.1. The van der Waals surface area contributed by atoms with Crippen molar-refractivity contribution < 1.29 is 29.2 Å². The molecule has 3 fully saturated rings. The topological polar surface area (TPSA) is 85.2 Å². The third kappa shape index (κ3) is 1.94. The smallest absolute Gasteiger partial charge is 0.272 e. The first-order valence-electron chi connectivity index (χ1n) is 10.2. The van der Waals surface area contributed by atoms with E-state index in [1.54, 1.807) is 6.92 Å². The van der Waals surface area contributed by atoms with Crippen LogP contribution in [0.5, 0.6) is 0 Å². The lowest BCUT2D eigenvalue weighted by Gasteiger charge is -2.50. The van der Waals surface area contributed by atoms with Gasteiger partial charge in [-0.2, -0.15) is 0 Å². The fourth-order valence-electron chi connectivity index (χ4n) is 7.02. The van der Waals surface area contributed by atoms with Crippen LogP contribution in [0, 0.1) is 34.5 Å². The van der Waals surface area contributed by atoms with Gasteiger partial charge in [-0.25, -0.2) is 0 Å². The summed E-state index contributed by atoms with van der Waals surface area (Å²) in [6.07, 6.45) is 2.62. The van der Waals surface area contributed by atoms with Gasteiger partial charge in [0.1, 0.15) is 17.8 Å². The van der Waals surface area contributed by atoms with Crippen LogP contribution in [-0.4, -0.2) is 54.0 Å². The van der Waals surface area contributed by atoms with Gasteiger partial charge in [0.15, 0.2) is 5.78 Å². The van der Waals surface area contributed by atoms with Gasteiger partial charge in [-0.15, -0.1) is 0 Å². The van der Waals surface area contributed by atoms with E-state index < -0.39 is 29.7 Å². The van der Waals surface area contributed by atoms with Crippen LogP contribution in [-0.2, 0) is 19.0 Å². The molecule has 0 aromatic heterocycles. The number of hydrogen-bond donors (Lipinski definition) is 2. The van der Waals surface area contributed by atoms with E-state index in [0.29, 0.717) is 11.5 Å². The van der Waals surface area contributed by atoms with E-state index in [4.69, 9.17) is 14.2 Å². The maximum Gasteiger partial charge on any atom is 0.272 e. The normalized spacial score (nSPS) is 53.8. The van der Waals surface area contributed by atoms with Gasteiger partial charge < -0.3 is 24.4 Å². The molecule has 1 spiro atoms. The van der Waals surface area contributed by atoms with Crippen molar-refractivity contribution >= 4 is 5.78 Å². The van der Waals surface area contributed by atoms with E-state index >= 15 is 0 Å². The zero-order chi connectivity index (χ0) is 20.2. The van der Waals surface area contributed by atoms with Crippen molar-refractivity contribution in [1.82, 2.24) is 0 Å². The van der Waals surface area contributed by atoms with Gasteiger partial charge in [-0.1, -0.05) is 32.9 Å². The number of methoxy groups -OCH3 is 1. The van der Waals surface area contributed by atoms with E-state index in [0.717, 1.165) is 12.0 Å². The van der Waals surface area contributed by atoms with Crippen molar-refractivity contribution in [1.29, 1.82) is 0 Å². The Morgan fingerprint density at radius 3 is 2.71 bits per heavy atom. The van der Waals surface area contributed by atoms with E-state index in [-0.39, 0.29) is 35.6 Å². The highest BCUT2D eigenvalue weighted by molar-refractivity contribution is 5.95. The molecule has 1 heterocycles. The van der Waals surface area contributed by atoms with Gasteiger partial charge >= 0.3 is 0 Å². The third-order valence-corrected chi connectivity index (χ3v) is 8.54. The lowest BCUT2D eigenvalue weighted by molar-refractivity contribution is -0.338. The summed E-state index contributed by atoms with van der Waals surface area (Å²) in [7, 11) is 1.47. The number of allylic oxidation sites excluding steroid dienone is 1. The Hall–Kier alpha value is -1.05. The Kier molecular flexibility index (Phi) is 3.76. The molecule has 2 bridgehead atoms. The summed E-state index contributed by atoms with van der Waals surface area (Å²) in [6, 6.07) is 0. The fraction of sp³-hybridized carbons (Fsp3) is 0.773. The Bertz CT molecular complexity index is 799. The van der Waals surface area contributed by atoms with Gasteiger partial charge in [0.2, 0.25) is 0 Å². The Labute approximate surface area is 165 Å². The van der Waals surface area contributed by atoms with Crippen molar-refractivity contribution in [3.05, 3.63) is 23.3 Å². The van der Waals surface area contributed by atoms with Crippen LogP contribution in [0.2, 0.25) is 0 Å². The molecule has 1 aliphatic heterocycles. The van der Waals surface area contributed by atoms with Gasteiger partial charge in [0.05, 0.1) is 12.0 Å². The SMILES string of the molecule is COC1OCC2=CC3C(=O)C4(C=C(C)[C@H](O)[C@@]4(O)[C@@H]2O1)[C@H](C)C[C@@H]1[C@H]3C1(C)C. The van der Waals surface area contributed by atoms with Gasteiger partial charge in [0, 0.05) is 13.0 Å². The number of fused-ring (bicyclic) bond motifs is 5. The van der Waals surface area contributed by atoms with Gasteiger partial charge in [0.25, 0.3) is 6.48 Å². The number of rotatable bonds is 1. The van der Waals surface area contributed by atoms with Crippen molar-refractivity contribution in [3.8, 4) is 0 Å². The lowest BCUT2D eigenvalue weighted by atomic mass is 9.59. The standard InChI is InChI=1S/C22H30O6/c1-10-8-21-11(2)6-14-15(20(14,3)4)13(17(21)24)7-12-9-27-19(26-5)28-18(12)22(21,25)16(10)23/h7-8,11,13-16,18-19,23,25H,6,9H2,1-5H3/t11-,13?,14-,15+,16+,18-,19?,21?,22-/m1/s1.